The Labute approximate surface area is 106 Å². The average Bonchev–Trinajstić information content (AvgIpc) is 2.34. The molecule has 1 unspecified atom stereocenters. The summed E-state index contributed by atoms with van der Waals surface area (Å²) in [6.07, 6.45) is -0.0755. The largest absolute Gasteiger partial charge is 0.461 e. The number of ether oxygens (including phenoxy) is 2. The highest BCUT2D eigenvalue weighted by molar-refractivity contribution is 7.44. The lowest BCUT2D eigenvalue weighted by Crippen LogP contribution is -2.29. The smallest absolute Gasteiger partial charge is 0.411 e. The summed E-state index contributed by atoms with van der Waals surface area (Å²) in [7, 11) is -1.85. The van der Waals surface area contributed by atoms with Crippen LogP contribution < -0.4 is 5.32 Å². The first-order chi connectivity index (χ1) is 8.54. The van der Waals surface area contributed by atoms with Crippen LogP contribution >= 0.6 is 7.80 Å². The average molecular weight is 278 g/mol. The zero-order valence-electron chi connectivity index (χ0n) is 10.3. The molecule has 0 aliphatic carbocycles. The molecular weight excluding hydrogens is 261 g/mol. The van der Waals surface area contributed by atoms with Gasteiger partial charge in [0.1, 0.15) is 5.70 Å². The summed E-state index contributed by atoms with van der Waals surface area (Å²) >= 11 is 0. The molecule has 0 fully saturated rings. The van der Waals surface area contributed by atoms with Crippen molar-refractivity contribution in [2.24, 2.45) is 0 Å². The molecule has 102 valence electrons. The maximum atomic E-state index is 11.5. The number of hydrogen-bond acceptors (Lipinski definition) is 6. The van der Waals surface area contributed by atoms with Crippen molar-refractivity contribution in [1.29, 1.82) is 0 Å². The predicted molar refractivity (Wildman–Crippen MR) is 64.4 cm³/mol. The van der Waals surface area contributed by atoms with Crippen LogP contribution in [-0.2, 0) is 18.8 Å². The highest BCUT2D eigenvalue weighted by Gasteiger charge is 2.18. The number of carbonyl (C=O) groups is 2. The monoisotopic (exact) mass is 278 g/mol. The Balaban J connectivity index is 4.65. The fourth-order valence-corrected chi connectivity index (χ4v) is 1.42. The van der Waals surface area contributed by atoms with E-state index >= 15 is 0 Å². The number of amides is 1. The van der Waals surface area contributed by atoms with E-state index in [0.29, 0.717) is 0 Å². The van der Waals surface area contributed by atoms with Gasteiger partial charge in [0.2, 0.25) is 6.35 Å². The van der Waals surface area contributed by atoms with Gasteiger partial charge in [-0.1, -0.05) is 4.57 Å². The first-order valence-electron chi connectivity index (χ1n) is 5.39. The van der Waals surface area contributed by atoms with Crippen molar-refractivity contribution in [2.45, 2.75) is 13.8 Å². The van der Waals surface area contributed by atoms with E-state index in [1.165, 1.54) is 6.08 Å². The van der Waals surface area contributed by atoms with E-state index in [1.54, 1.807) is 13.8 Å². The second kappa shape index (κ2) is 9.56. The number of allylic oxidation sites excluding steroid dienone is 1. The minimum atomic E-state index is -1.85. The third-order valence-electron chi connectivity index (χ3n) is 1.66. The van der Waals surface area contributed by atoms with Crippen molar-refractivity contribution in [3.63, 3.8) is 0 Å². The lowest BCUT2D eigenvalue weighted by atomic mass is 10.4. The van der Waals surface area contributed by atoms with Crippen molar-refractivity contribution >= 4 is 19.9 Å². The molecule has 7 nitrogen and oxygen atoms in total. The second-order valence-electron chi connectivity index (χ2n) is 2.99. The van der Waals surface area contributed by atoms with Gasteiger partial charge in [0, 0.05) is 0 Å². The Morgan fingerprint density at radius 2 is 1.89 bits per heavy atom. The summed E-state index contributed by atoms with van der Waals surface area (Å²) in [4.78, 5) is 22.6. The Bertz CT molecular complexity index is 341. The van der Waals surface area contributed by atoms with Gasteiger partial charge >= 0.3 is 19.9 Å². The van der Waals surface area contributed by atoms with Crippen LogP contribution in [0.15, 0.2) is 11.8 Å². The van der Waals surface area contributed by atoms with Crippen molar-refractivity contribution in [1.82, 2.24) is 5.32 Å². The number of alkyl carbamates (subject to hydrolysis) is 1. The van der Waals surface area contributed by atoms with E-state index in [9.17, 15) is 14.2 Å². The SMILES string of the molecule is CCOC(=O)N/C(=C\C[P+](=O)CO)C(=O)OCC. The van der Waals surface area contributed by atoms with E-state index in [0.717, 1.165) is 0 Å². The Morgan fingerprint density at radius 3 is 2.39 bits per heavy atom. The van der Waals surface area contributed by atoms with Gasteiger partial charge in [-0.2, -0.15) is 0 Å². The summed E-state index contributed by atoms with van der Waals surface area (Å²) in [5.74, 6) is -0.744. The number of nitrogens with one attached hydrogen (secondary N) is 1. The number of aliphatic hydroxyl groups excluding tert-OH is 1. The van der Waals surface area contributed by atoms with Gasteiger partial charge in [0.15, 0.2) is 6.16 Å². The van der Waals surface area contributed by atoms with Crippen molar-refractivity contribution in [2.75, 3.05) is 25.7 Å². The van der Waals surface area contributed by atoms with Crippen LogP contribution in [0.25, 0.3) is 0 Å². The van der Waals surface area contributed by atoms with Crippen LogP contribution in [0.1, 0.15) is 13.8 Å². The molecule has 0 aliphatic heterocycles. The molecule has 0 aromatic heterocycles. The molecule has 0 aliphatic rings. The number of esters is 1. The molecule has 0 saturated carbocycles. The standard InChI is InChI=1S/C10H16NO6P/c1-3-16-9(13)8(5-6-18(15)7-12)11-10(14)17-4-2/h5,12H,3-4,6-7H2,1-2H3/p+1/b8-5-. The topological polar surface area (TPSA) is 102 Å². The van der Waals surface area contributed by atoms with Gasteiger partial charge in [0.05, 0.1) is 13.2 Å². The van der Waals surface area contributed by atoms with E-state index in [2.05, 4.69) is 10.1 Å². The molecule has 0 rings (SSSR count). The maximum Gasteiger partial charge on any atom is 0.411 e. The van der Waals surface area contributed by atoms with Gasteiger partial charge in [-0.25, -0.2) is 9.59 Å². The third kappa shape index (κ3) is 6.98. The summed E-state index contributed by atoms with van der Waals surface area (Å²) in [6.45, 7) is 3.55. The van der Waals surface area contributed by atoms with Crippen LogP contribution in [0.4, 0.5) is 4.79 Å². The van der Waals surface area contributed by atoms with E-state index in [1.807, 2.05) is 0 Å². The molecule has 0 heterocycles. The van der Waals surface area contributed by atoms with E-state index < -0.39 is 26.2 Å². The Kier molecular flexibility index (Phi) is 8.78. The number of hydrogen-bond donors (Lipinski definition) is 2. The summed E-state index contributed by atoms with van der Waals surface area (Å²) in [5.41, 5.74) is -0.146. The highest BCUT2D eigenvalue weighted by atomic mass is 31.1. The van der Waals surface area contributed by atoms with Crippen molar-refractivity contribution in [3.05, 3.63) is 11.8 Å². The fourth-order valence-electron chi connectivity index (χ4n) is 0.922. The molecule has 0 aromatic carbocycles. The molecule has 0 aromatic rings. The van der Waals surface area contributed by atoms with E-state index in [-0.39, 0.29) is 25.1 Å². The van der Waals surface area contributed by atoms with E-state index in [4.69, 9.17) is 9.84 Å². The Morgan fingerprint density at radius 1 is 1.28 bits per heavy atom. The summed E-state index contributed by atoms with van der Waals surface area (Å²) < 4.78 is 20.4. The van der Waals surface area contributed by atoms with Crippen LogP contribution in [0, 0.1) is 0 Å². The maximum absolute atomic E-state index is 11.5. The minimum Gasteiger partial charge on any atom is -0.461 e. The predicted octanol–water partition coefficient (Wildman–Crippen LogP) is 0.957. The van der Waals surface area contributed by atoms with Crippen LogP contribution in [0.5, 0.6) is 0 Å². The lowest BCUT2D eigenvalue weighted by Gasteiger charge is -2.07. The first kappa shape index (κ1) is 16.5. The van der Waals surface area contributed by atoms with Crippen LogP contribution in [0.2, 0.25) is 0 Å². The number of rotatable bonds is 7. The molecule has 18 heavy (non-hydrogen) atoms. The van der Waals surface area contributed by atoms with Gasteiger partial charge in [0.25, 0.3) is 0 Å². The molecule has 8 heteroatoms. The molecule has 0 saturated heterocycles. The number of aliphatic hydroxyl groups is 1. The second-order valence-corrected chi connectivity index (χ2v) is 4.60. The number of carbonyl (C=O) groups excluding carboxylic acids is 2. The molecule has 0 radical (unpaired) electrons. The zero-order valence-corrected chi connectivity index (χ0v) is 11.2. The van der Waals surface area contributed by atoms with Crippen LogP contribution in [0.3, 0.4) is 0 Å². The summed E-state index contributed by atoms with van der Waals surface area (Å²) in [5, 5.41) is 10.8. The fraction of sp³-hybridized carbons (Fsp3) is 0.600. The first-order valence-corrected chi connectivity index (χ1v) is 7.02. The Hall–Kier alpha value is -1.46. The molecule has 1 atom stereocenters. The van der Waals surface area contributed by atoms with Crippen LogP contribution in [-0.4, -0.2) is 42.9 Å². The van der Waals surface area contributed by atoms with Crippen molar-refractivity contribution < 1.29 is 28.7 Å². The molecular formula is C10H17NO6P+. The third-order valence-corrected chi connectivity index (χ3v) is 2.57. The highest BCUT2D eigenvalue weighted by Crippen LogP contribution is 2.18. The normalized spacial score (nSPS) is 11.7. The molecule has 0 spiro atoms. The molecule has 2 N–H and O–H groups in total. The minimum absolute atomic E-state index is 0.0353. The molecule has 0 bridgehead atoms. The lowest BCUT2D eigenvalue weighted by molar-refractivity contribution is -0.138. The van der Waals surface area contributed by atoms with Gasteiger partial charge in [-0.3, -0.25) is 5.32 Å². The zero-order chi connectivity index (χ0) is 14.0. The quantitative estimate of drug-likeness (QED) is 0.408. The van der Waals surface area contributed by atoms with Gasteiger partial charge in [-0.15, -0.1) is 0 Å². The summed E-state index contributed by atoms with van der Waals surface area (Å²) in [6, 6.07) is 0. The van der Waals surface area contributed by atoms with Crippen molar-refractivity contribution in [3.8, 4) is 0 Å². The van der Waals surface area contributed by atoms with Gasteiger partial charge in [-0.05, 0) is 19.9 Å². The molecule has 1 amide bonds. The van der Waals surface area contributed by atoms with Gasteiger partial charge < -0.3 is 14.6 Å².